The third-order valence-corrected chi connectivity index (χ3v) is 10.2. The Morgan fingerprint density at radius 1 is 0.977 bits per heavy atom. The Kier molecular flexibility index (Phi) is 11.0. The number of nitrogens with zero attached hydrogens (tertiary/aromatic N) is 2. The first-order chi connectivity index (χ1) is 20.5. The highest BCUT2D eigenvalue weighted by Gasteiger charge is 2.34. The van der Waals surface area contributed by atoms with E-state index in [1.807, 2.05) is 6.92 Å². The van der Waals surface area contributed by atoms with Crippen molar-refractivity contribution < 1.29 is 22.7 Å². The lowest BCUT2D eigenvalue weighted by Gasteiger charge is -2.33. The van der Waals surface area contributed by atoms with E-state index in [4.69, 9.17) is 27.9 Å². The molecule has 11 heteroatoms. The highest BCUT2D eigenvalue weighted by Crippen LogP contribution is 2.34. The van der Waals surface area contributed by atoms with E-state index in [0.717, 1.165) is 42.0 Å². The number of nitrogens with one attached hydrogen (secondary N) is 1. The third kappa shape index (κ3) is 8.02. The van der Waals surface area contributed by atoms with Crippen molar-refractivity contribution in [2.75, 3.05) is 18.0 Å². The van der Waals surface area contributed by atoms with Gasteiger partial charge in [-0.1, -0.05) is 72.8 Å². The molecule has 0 aliphatic heterocycles. The summed E-state index contributed by atoms with van der Waals surface area (Å²) in [7, 11) is -2.78. The Hall–Kier alpha value is -3.27. The number of carbonyl (C=O) groups is 2. The molecule has 0 heterocycles. The van der Waals surface area contributed by atoms with Crippen LogP contribution in [0.25, 0.3) is 0 Å². The summed E-state index contributed by atoms with van der Waals surface area (Å²) < 4.78 is 34.7. The number of sulfonamides is 1. The Bertz CT molecular complexity index is 1550. The number of aryl methyl sites for hydroxylation is 1. The molecule has 0 saturated heterocycles. The van der Waals surface area contributed by atoms with Crippen LogP contribution < -0.4 is 14.4 Å². The van der Waals surface area contributed by atoms with Crippen molar-refractivity contribution in [1.82, 2.24) is 10.2 Å². The van der Waals surface area contributed by atoms with E-state index in [9.17, 15) is 18.0 Å². The lowest BCUT2D eigenvalue weighted by Crippen LogP contribution is -2.53. The Labute approximate surface area is 264 Å². The molecule has 0 aromatic heterocycles. The fraction of sp³-hybridized carbons (Fsp3) is 0.375. The normalized spacial score (nSPS) is 14.5. The van der Waals surface area contributed by atoms with Crippen molar-refractivity contribution in [2.24, 2.45) is 0 Å². The number of methoxy groups -OCH3 is 1. The molecule has 3 aromatic carbocycles. The fourth-order valence-corrected chi connectivity index (χ4v) is 6.97. The number of hydrogen-bond donors (Lipinski definition) is 1. The van der Waals surface area contributed by atoms with Crippen molar-refractivity contribution in [3.05, 3.63) is 87.9 Å². The molecule has 0 spiro atoms. The molecule has 1 saturated carbocycles. The average Bonchev–Trinajstić information content (AvgIpc) is 3.00. The summed E-state index contributed by atoms with van der Waals surface area (Å²) in [5.74, 6) is -0.580. The number of carbonyl (C=O) groups excluding carboxylic acids is 2. The highest BCUT2D eigenvalue weighted by atomic mass is 35.5. The molecular weight excluding hydrogens is 609 g/mol. The molecule has 1 unspecified atom stereocenters. The summed E-state index contributed by atoms with van der Waals surface area (Å²) in [4.78, 5) is 29.1. The first kappa shape index (κ1) is 32.6. The minimum Gasteiger partial charge on any atom is -0.495 e. The standard InChI is InChI=1S/C32H37Cl2N3O5S/c1-22-14-17-30(42-3)29(18-22)37(43(40,41)26-12-8-5-9-13-26)21-31(38)36(20-24-15-16-27(33)28(34)19-24)23(2)32(39)35-25-10-6-4-7-11-25/h5,8-9,12-19,23,25H,4,6-7,10-11,20-21H2,1-3H3,(H,35,39). The number of rotatable bonds is 11. The molecule has 1 aliphatic rings. The number of hydrogen-bond acceptors (Lipinski definition) is 5. The zero-order valence-corrected chi connectivity index (χ0v) is 26.9. The van der Waals surface area contributed by atoms with Crippen LogP contribution >= 0.6 is 23.2 Å². The van der Waals surface area contributed by atoms with Crippen molar-refractivity contribution in [3.63, 3.8) is 0 Å². The lowest BCUT2D eigenvalue weighted by atomic mass is 9.95. The van der Waals surface area contributed by atoms with E-state index in [1.54, 1.807) is 61.5 Å². The molecule has 2 amide bonds. The van der Waals surface area contributed by atoms with E-state index in [1.165, 1.54) is 24.1 Å². The second kappa shape index (κ2) is 14.5. The van der Waals surface area contributed by atoms with Crippen molar-refractivity contribution >= 4 is 50.7 Å². The largest absolute Gasteiger partial charge is 0.495 e. The first-order valence-corrected chi connectivity index (χ1v) is 16.5. The molecule has 43 heavy (non-hydrogen) atoms. The zero-order chi connectivity index (χ0) is 31.1. The summed E-state index contributed by atoms with van der Waals surface area (Å²) in [6.45, 7) is 2.92. The molecule has 230 valence electrons. The van der Waals surface area contributed by atoms with E-state index >= 15 is 0 Å². The molecule has 3 aromatic rings. The van der Waals surface area contributed by atoms with Crippen LogP contribution in [0.15, 0.2) is 71.6 Å². The van der Waals surface area contributed by atoms with Gasteiger partial charge in [0.25, 0.3) is 10.0 Å². The van der Waals surface area contributed by atoms with Gasteiger partial charge in [-0.05, 0) is 74.2 Å². The Morgan fingerprint density at radius 3 is 2.33 bits per heavy atom. The molecule has 0 bridgehead atoms. The van der Waals surface area contributed by atoms with Gasteiger partial charge in [0.05, 0.1) is 27.7 Å². The monoisotopic (exact) mass is 645 g/mol. The van der Waals surface area contributed by atoms with Crippen molar-refractivity contribution in [2.45, 2.75) is 69.5 Å². The maximum Gasteiger partial charge on any atom is 0.264 e. The van der Waals surface area contributed by atoms with Gasteiger partial charge in [0, 0.05) is 12.6 Å². The maximum atomic E-state index is 14.2. The molecule has 1 N–H and O–H groups in total. The smallest absolute Gasteiger partial charge is 0.264 e. The first-order valence-electron chi connectivity index (χ1n) is 14.3. The van der Waals surface area contributed by atoms with Crippen LogP contribution in [-0.4, -0.2) is 50.9 Å². The fourth-order valence-electron chi connectivity index (χ4n) is 5.21. The molecule has 0 radical (unpaired) electrons. The van der Waals surface area contributed by atoms with E-state index in [-0.39, 0.29) is 34.8 Å². The molecule has 1 fully saturated rings. The average molecular weight is 647 g/mol. The van der Waals surface area contributed by atoms with Gasteiger partial charge in [-0.3, -0.25) is 13.9 Å². The van der Waals surface area contributed by atoms with Crippen molar-refractivity contribution in [3.8, 4) is 5.75 Å². The quantitative estimate of drug-likeness (QED) is 0.261. The van der Waals surface area contributed by atoms with E-state index in [0.29, 0.717) is 15.6 Å². The molecule has 8 nitrogen and oxygen atoms in total. The van der Waals surface area contributed by atoms with E-state index < -0.39 is 28.5 Å². The molecule has 4 rings (SSSR count). The van der Waals surface area contributed by atoms with Crippen LogP contribution in [0, 0.1) is 6.92 Å². The predicted octanol–water partition coefficient (Wildman–Crippen LogP) is 6.37. The number of anilines is 1. The van der Waals surface area contributed by atoms with Crippen molar-refractivity contribution in [1.29, 1.82) is 0 Å². The van der Waals surface area contributed by atoms with Crippen LogP contribution in [0.4, 0.5) is 5.69 Å². The van der Waals surface area contributed by atoms with Crippen LogP contribution in [0.2, 0.25) is 10.0 Å². The van der Waals surface area contributed by atoms with Crippen LogP contribution in [0.1, 0.15) is 50.2 Å². The number of halogens is 2. The van der Waals surface area contributed by atoms with E-state index in [2.05, 4.69) is 5.32 Å². The number of amides is 2. The summed E-state index contributed by atoms with van der Waals surface area (Å²) in [6.07, 6.45) is 4.98. The zero-order valence-electron chi connectivity index (χ0n) is 24.6. The van der Waals surface area contributed by atoms with Crippen LogP contribution in [0.5, 0.6) is 5.75 Å². The van der Waals surface area contributed by atoms with Gasteiger partial charge in [-0.15, -0.1) is 0 Å². The van der Waals surface area contributed by atoms with Gasteiger partial charge in [0.15, 0.2) is 0 Å². The molecular formula is C32H37Cl2N3O5S. The van der Waals surface area contributed by atoms with Gasteiger partial charge in [-0.25, -0.2) is 8.42 Å². The summed E-state index contributed by atoms with van der Waals surface area (Å²) in [6, 6.07) is 17.2. The summed E-state index contributed by atoms with van der Waals surface area (Å²) >= 11 is 12.4. The minimum atomic E-state index is -4.22. The van der Waals surface area contributed by atoms with Gasteiger partial charge >= 0.3 is 0 Å². The molecule has 1 aliphatic carbocycles. The Morgan fingerprint density at radius 2 is 1.67 bits per heavy atom. The topological polar surface area (TPSA) is 96.0 Å². The van der Waals surface area contributed by atoms with Gasteiger partial charge in [0.2, 0.25) is 11.8 Å². The van der Waals surface area contributed by atoms with Gasteiger partial charge in [0.1, 0.15) is 18.3 Å². The van der Waals surface area contributed by atoms with Gasteiger partial charge < -0.3 is 15.0 Å². The third-order valence-electron chi connectivity index (χ3n) is 7.67. The highest BCUT2D eigenvalue weighted by molar-refractivity contribution is 7.92. The number of benzene rings is 3. The summed E-state index contributed by atoms with van der Waals surface area (Å²) in [5.41, 5.74) is 1.64. The number of ether oxygens (including phenoxy) is 1. The second-order valence-corrected chi connectivity index (χ2v) is 13.5. The summed E-state index contributed by atoms with van der Waals surface area (Å²) in [5, 5.41) is 3.76. The van der Waals surface area contributed by atoms with Crippen LogP contribution in [0.3, 0.4) is 0 Å². The maximum absolute atomic E-state index is 14.2. The Balaban J connectivity index is 1.73. The van der Waals surface area contributed by atoms with Gasteiger partial charge in [-0.2, -0.15) is 0 Å². The molecule has 1 atom stereocenters. The minimum absolute atomic E-state index is 0.0130. The lowest BCUT2D eigenvalue weighted by molar-refractivity contribution is -0.139. The van der Waals surface area contributed by atoms with Crippen LogP contribution in [-0.2, 0) is 26.2 Å². The predicted molar refractivity (Wildman–Crippen MR) is 170 cm³/mol. The second-order valence-electron chi connectivity index (χ2n) is 10.8. The SMILES string of the molecule is COc1ccc(C)cc1N(CC(=O)N(Cc1ccc(Cl)c(Cl)c1)C(C)C(=O)NC1CCCCC1)S(=O)(=O)c1ccccc1.